The predicted octanol–water partition coefficient (Wildman–Crippen LogP) is 15.7. The Kier molecular flexibility index (Phi) is 8.48. The minimum absolute atomic E-state index is 0.569. The predicted molar refractivity (Wildman–Crippen MR) is 269 cm³/mol. The average molecular weight is 853 g/mol. The Morgan fingerprint density at radius 1 is 0.333 bits per heavy atom. The summed E-state index contributed by atoms with van der Waals surface area (Å²) in [6.07, 6.45) is 0. The second-order valence-corrected chi connectivity index (χ2v) is 16.8. The van der Waals surface area contributed by atoms with E-state index >= 15 is 0 Å². The van der Waals surface area contributed by atoms with Crippen LogP contribution in [0.15, 0.2) is 215 Å². The lowest BCUT2D eigenvalue weighted by atomic mass is 9.90. The highest BCUT2D eigenvalue weighted by Crippen LogP contribution is 2.58. The van der Waals surface area contributed by atoms with Crippen molar-refractivity contribution in [2.45, 2.75) is 0 Å². The second-order valence-electron chi connectivity index (χ2n) is 16.8. The van der Waals surface area contributed by atoms with E-state index in [9.17, 15) is 0 Å². The number of hydrogen-bond acceptors (Lipinski definition) is 8. The zero-order valence-electron chi connectivity index (χ0n) is 36.1. The van der Waals surface area contributed by atoms with Crippen molar-refractivity contribution in [3.05, 3.63) is 206 Å². The van der Waals surface area contributed by atoms with E-state index in [0.717, 1.165) is 112 Å². The van der Waals surface area contributed by atoms with Crippen molar-refractivity contribution < 1.29 is 8.83 Å². The van der Waals surface area contributed by atoms with Gasteiger partial charge in [-0.25, -0.2) is 9.97 Å². The molecule has 0 saturated carbocycles. The summed E-state index contributed by atoms with van der Waals surface area (Å²) in [4.78, 5) is 19.3. The summed E-state index contributed by atoms with van der Waals surface area (Å²) in [6, 6.07) is 72.4. The smallest absolute Gasteiger partial charge is 0.227 e. The molecule has 0 amide bonds. The number of aromatic nitrogens is 2. The number of anilines is 10. The van der Waals surface area contributed by atoms with E-state index in [1.165, 1.54) is 0 Å². The van der Waals surface area contributed by atoms with Gasteiger partial charge in [0.1, 0.15) is 11.0 Å². The molecular formula is C58H40N6O2. The Labute approximate surface area is 381 Å². The topological polar surface area (TPSA) is 65.0 Å². The molecule has 0 saturated heterocycles. The molecule has 8 heteroatoms. The van der Waals surface area contributed by atoms with Crippen LogP contribution in [0.3, 0.4) is 0 Å². The number of para-hydroxylation sites is 12. The van der Waals surface area contributed by atoms with Gasteiger partial charge < -0.3 is 28.4 Å². The SMILES string of the molecule is CN1c2ccccc2N(c2cc(-c3cccc(-c4nc5ccccc5o4)c3)c(N3c4ccccc4N(C)c4ccccc43)c(-c3cccc(-c4nc5ccccc5o4)c3)c2)c2ccccc21. The lowest BCUT2D eigenvalue weighted by Gasteiger charge is -2.41. The Balaban J connectivity index is 1.14. The first-order chi connectivity index (χ1) is 32.6. The minimum Gasteiger partial charge on any atom is -0.436 e. The van der Waals surface area contributed by atoms with Crippen LogP contribution in [0, 0.1) is 0 Å². The molecule has 0 unspecified atom stereocenters. The maximum absolute atomic E-state index is 6.42. The van der Waals surface area contributed by atoms with Crippen LogP contribution in [0.5, 0.6) is 0 Å². The van der Waals surface area contributed by atoms with Gasteiger partial charge in [0, 0.05) is 42.0 Å². The van der Waals surface area contributed by atoms with Gasteiger partial charge in [-0.15, -0.1) is 0 Å². The van der Waals surface area contributed by atoms with Crippen molar-refractivity contribution in [1.82, 2.24) is 9.97 Å². The Hall–Kier alpha value is -8.88. The Morgan fingerprint density at radius 3 is 1.09 bits per heavy atom. The molecule has 0 bridgehead atoms. The second kappa shape index (κ2) is 14.9. The van der Waals surface area contributed by atoms with Gasteiger partial charge in [0.15, 0.2) is 11.2 Å². The van der Waals surface area contributed by atoms with Gasteiger partial charge in [-0.1, -0.05) is 97.1 Å². The van der Waals surface area contributed by atoms with Crippen LogP contribution in [-0.4, -0.2) is 24.1 Å². The molecule has 2 aliphatic heterocycles. The third-order valence-corrected chi connectivity index (χ3v) is 12.9. The molecule has 0 radical (unpaired) electrons. The van der Waals surface area contributed by atoms with Gasteiger partial charge in [0.05, 0.1) is 51.2 Å². The lowest BCUT2D eigenvalue weighted by molar-refractivity contribution is 0.619. The molecule has 9 aromatic carbocycles. The monoisotopic (exact) mass is 852 g/mol. The molecular weight excluding hydrogens is 813 g/mol. The fraction of sp³-hybridized carbons (Fsp3) is 0.0345. The maximum Gasteiger partial charge on any atom is 0.227 e. The molecule has 314 valence electrons. The molecule has 8 nitrogen and oxygen atoms in total. The molecule has 66 heavy (non-hydrogen) atoms. The quantitative estimate of drug-likeness (QED) is 0.164. The number of benzene rings is 9. The Morgan fingerprint density at radius 2 is 0.682 bits per heavy atom. The van der Waals surface area contributed by atoms with Crippen LogP contribution in [0.2, 0.25) is 0 Å². The third kappa shape index (κ3) is 5.92. The van der Waals surface area contributed by atoms with Gasteiger partial charge in [-0.05, 0) is 120 Å². The molecule has 2 aliphatic rings. The van der Waals surface area contributed by atoms with E-state index in [4.69, 9.17) is 18.8 Å². The van der Waals surface area contributed by atoms with Gasteiger partial charge >= 0.3 is 0 Å². The van der Waals surface area contributed by atoms with Crippen molar-refractivity contribution in [1.29, 1.82) is 0 Å². The summed E-state index contributed by atoms with van der Waals surface area (Å²) in [5.74, 6) is 1.14. The van der Waals surface area contributed by atoms with E-state index < -0.39 is 0 Å². The van der Waals surface area contributed by atoms with Crippen LogP contribution in [-0.2, 0) is 0 Å². The standard InChI is InChI=1S/C58H40N6O2/c1-61-46-23-5-9-27-50(46)63(51-28-10-6-24-47(51)61)41-35-42(37-17-15-19-39(33-37)57-59-44-21-3-13-31-54(44)65-57)56(64-52-29-11-7-25-48(52)62(2)49-26-8-12-30-53(49)64)43(36-41)38-18-16-20-40(34-38)58-60-45-22-4-14-32-55(45)66-58/h3-36H,1-2H3. The van der Waals surface area contributed by atoms with Gasteiger partial charge in [0.25, 0.3) is 0 Å². The zero-order chi connectivity index (χ0) is 43.9. The summed E-state index contributed by atoms with van der Waals surface area (Å²) < 4.78 is 12.8. The maximum atomic E-state index is 6.42. The van der Waals surface area contributed by atoms with E-state index in [-0.39, 0.29) is 0 Å². The molecule has 4 heterocycles. The summed E-state index contributed by atoms with van der Waals surface area (Å²) >= 11 is 0. The molecule has 0 N–H and O–H groups in total. The van der Waals surface area contributed by atoms with Gasteiger partial charge in [0.2, 0.25) is 11.8 Å². The fourth-order valence-corrected chi connectivity index (χ4v) is 9.85. The van der Waals surface area contributed by atoms with Crippen LogP contribution in [0.4, 0.5) is 56.9 Å². The average Bonchev–Trinajstić information content (AvgIpc) is 4.03. The lowest BCUT2D eigenvalue weighted by Crippen LogP contribution is -2.25. The number of rotatable bonds is 6. The van der Waals surface area contributed by atoms with E-state index in [0.29, 0.717) is 11.8 Å². The molecule has 2 aromatic heterocycles. The molecule has 0 aliphatic carbocycles. The first-order valence-electron chi connectivity index (χ1n) is 22.1. The highest BCUT2D eigenvalue weighted by atomic mass is 16.4. The molecule has 0 atom stereocenters. The van der Waals surface area contributed by atoms with Crippen LogP contribution in [0.25, 0.3) is 67.4 Å². The minimum atomic E-state index is 0.569. The van der Waals surface area contributed by atoms with Crippen LogP contribution >= 0.6 is 0 Å². The first-order valence-corrected chi connectivity index (χ1v) is 22.1. The zero-order valence-corrected chi connectivity index (χ0v) is 36.1. The fourth-order valence-electron chi connectivity index (χ4n) is 9.85. The Bertz CT molecular complexity index is 3400. The van der Waals surface area contributed by atoms with Crippen molar-refractivity contribution in [2.24, 2.45) is 0 Å². The van der Waals surface area contributed by atoms with Crippen molar-refractivity contribution in [2.75, 3.05) is 33.7 Å². The van der Waals surface area contributed by atoms with Crippen molar-refractivity contribution in [3.63, 3.8) is 0 Å². The van der Waals surface area contributed by atoms with Crippen molar-refractivity contribution >= 4 is 79.1 Å². The largest absolute Gasteiger partial charge is 0.436 e. The van der Waals surface area contributed by atoms with Crippen LogP contribution < -0.4 is 19.6 Å². The number of fused-ring (bicyclic) bond motifs is 6. The number of nitrogens with zero attached hydrogens (tertiary/aromatic N) is 6. The first kappa shape index (κ1) is 37.7. The molecule has 0 fully saturated rings. The highest BCUT2D eigenvalue weighted by molar-refractivity contribution is 6.08. The number of oxazole rings is 2. The molecule has 13 rings (SSSR count). The summed E-state index contributed by atoms with van der Waals surface area (Å²) in [7, 11) is 4.29. The van der Waals surface area contributed by atoms with Crippen LogP contribution in [0.1, 0.15) is 0 Å². The van der Waals surface area contributed by atoms with E-state index in [2.05, 4.69) is 191 Å². The number of hydrogen-bond donors (Lipinski definition) is 0. The summed E-state index contributed by atoms with van der Waals surface area (Å²) in [5.41, 5.74) is 19.7. The molecule has 0 spiro atoms. The van der Waals surface area contributed by atoms with Crippen molar-refractivity contribution in [3.8, 4) is 45.2 Å². The van der Waals surface area contributed by atoms with Gasteiger partial charge in [-0.3, -0.25) is 0 Å². The van der Waals surface area contributed by atoms with E-state index in [1.54, 1.807) is 0 Å². The van der Waals surface area contributed by atoms with E-state index in [1.807, 2.05) is 48.5 Å². The molecule has 11 aromatic rings. The summed E-state index contributed by atoms with van der Waals surface area (Å²) in [6.45, 7) is 0. The third-order valence-electron chi connectivity index (χ3n) is 12.9. The highest BCUT2D eigenvalue weighted by Gasteiger charge is 2.34. The van der Waals surface area contributed by atoms with Gasteiger partial charge in [-0.2, -0.15) is 0 Å². The normalized spacial score (nSPS) is 12.9. The summed E-state index contributed by atoms with van der Waals surface area (Å²) in [5, 5.41) is 0.